The van der Waals surface area contributed by atoms with Crippen molar-refractivity contribution in [2.45, 2.75) is 32.6 Å². The lowest BCUT2D eigenvalue weighted by atomic mass is 9.98. The Kier molecular flexibility index (Phi) is 5.48. The standard InChI is InChI=1S/C25H24N6O2/c1-16-6-4-11-23(28-16)31-25(20-9-2-3-10-21(20)30-31)33-19-12-13-27-22(15-19)29-18-8-5-7-17(14-18)24(26)32/h4-8,11-15H,2-3,9-10H2,1H3,(H2,26,32)(H,27,29). The van der Waals surface area contributed by atoms with E-state index in [1.807, 2.05) is 37.3 Å². The molecule has 3 N–H and O–H groups in total. The Morgan fingerprint density at radius 1 is 1.09 bits per heavy atom. The number of hydrogen-bond donors (Lipinski definition) is 2. The SMILES string of the molecule is Cc1cccc(-n2nc3c(c2Oc2ccnc(Nc4cccc(C(N)=O)c4)c2)CCCC3)n1. The minimum Gasteiger partial charge on any atom is -0.438 e. The van der Waals surface area contributed by atoms with Gasteiger partial charge in [-0.1, -0.05) is 12.1 Å². The van der Waals surface area contributed by atoms with E-state index in [9.17, 15) is 4.79 Å². The van der Waals surface area contributed by atoms with Gasteiger partial charge in [0.2, 0.25) is 11.8 Å². The van der Waals surface area contributed by atoms with E-state index in [4.69, 9.17) is 15.6 Å². The number of ether oxygens (including phenoxy) is 1. The molecule has 3 heterocycles. The maximum absolute atomic E-state index is 11.5. The van der Waals surface area contributed by atoms with Crippen LogP contribution in [-0.2, 0) is 12.8 Å². The monoisotopic (exact) mass is 440 g/mol. The normalized spacial score (nSPS) is 12.8. The van der Waals surface area contributed by atoms with Crippen LogP contribution in [0.4, 0.5) is 11.5 Å². The van der Waals surface area contributed by atoms with Gasteiger partial charge in [0.25, 0.3) is 0 Å². The number of primary amides is 1. The van der Waals surface area contributed by atoms with Gasteiger partial charge in [0, 0.05) is 34.8 Å². The summed E-state index contributed by atoms with van der Waals surface area (Å²) in [6, 6.07) is 16.5. The minimum atomic E-state index is -0.480. The van der Waals surface area contributed by atoms with Crippen molar-refractivity contribution in [3.05, 3.63) is 83.3 Å². The van der Waals surface area contributed by atoms with E-state index in [0.717, 1.165) is 48.5 Å². The second-order valence-electron chi connectivity index (χ2n) is 8.04. The van der Waals surface area contributed by atoms with Gasteiger partial charge in [0.1, 0.15) is 11.6 Å². The molecule has 0 aliphatic heterocycles. The maximum atomic E-state index is 11.5. The third-order valence-electron chi connectivity index (χ3n) is 5.57. The lowest BCUT2D eigenvalue weighted by Crippen LogP contribution is -2.10. The summed E-state index contributed by atoms with van der Waals surface area (Å²) in [5, 5.41) is 8.03. The van der Waals surface area contributed by atoms with E-state index in [2.05, 4.69) is 15.3 Å². The Labute approximate surface area is 191 Å². The van der Waals surface area contributed by atoms with E-state index in [0.29, 0.717) is 28.7 Å². The first-order valence-corrected chi connectivity index (χ1v) is 10.9. The molecule has 0 radical (unpaired) electrons. The number of amides is 1. The first-order chi connectivity index (χ1) is 16.1. The molecule has 1 amide bonds. The number of nitrogens with zero attached hydrogens (tertiary/aromatic N) is 4. The number of nitrogens with two attached hydrogens (primary N) is 1. The van der Waals surface area contributed by atoms with Gasteiger partial charge in [0.15, 0.2) is 5.82 Å². The Bertz CT molecular complexity index is 1330. The van der Waals surface area contributed by atoms with Gasteiger partial charge in [0.05, 0.1) is 5.69 Å². The Hall–Kier alpha value is -4.20. The molecule has 0 atom stereocenters. The second kappa shape index (κ2) is 8.74. The predicted octanol–water partition coefficient (Wildman–Crippen LogP) is 4.48. The predicted molar refractivity (Wildman–Crippen MR) is 125 cm³/mol. The van der Waals surface area contributed by atoms with Crippen molar-refractivity contribution >= 4 is 17.4 Å². The highest BCUT2D eigenvalue weighted by Crippen LogP contribution is 2.35. The number of pyridine rings is 2. The van der Waals surface area contributed by atoms with Crippen LogP contribution < -0.4 is 15.8 Å². The average molecular weight is 441 g/mol. The first-order valence-electron chi connectivity index (χ1n) is 10.9. The zero-order valence-electron chi connectivity index (χ0n) is 18.3. The molecule has 1 aromatic carbocycles. The number of fused-ring (bicyclic) bond motifs is 1. The van der Waals surface area contributed by atoms with Gasteiger partial charge in [-0.2, -0.15) is 9.78 Å². The summed E-state index contributed by atoms with van der Waals surface area (Å²) in [5.74, 6) is 2.15. The highest BCUT2D eigenvalue weighted by molar-refractivity contribution is 5.93. The van der Waals surface area contributed by atoms with E-state index in [1.54, 1.807) is 35.1 Å². The fourth-order valence-corrected chi connectivity index (χ4v) is 3.98. The molecule has 166 valence electrons. The molecule has 0 unspecified atom stereocenters. The van der Waals surface area contributed by atoms with Crippen LogP contribution in [0, 0.1) is 6.92 Å². The van der Waals surface area contributed by atoms with Crippen molar-refractivity contribution in [1.29, 1.82) is 0 Å². The summed E-state index contributed by atoms with van der Waals surface area (Å²) >= 11 is 0. The Morgan fingerprint density at radius 3 is 2.79 bits per heavy atom. The summed E-state index contributed by atoms with van der Waals surface area (Å²) in [4.78, 5) is 20.5. The Morgan fingerprint density at radius 2 is 1.94 bits per heavy atom. The van der Waals surface area contributed by atoms with E-state index in [1.165, 1.54) is 0 Å². The van der Waals surface area contributed by atoms with Gasteiger partial charge in [-0.15, -0.1) is 0 Å². The number of benzene rings is 1. The quantitative estimate of drug-likeness (QED) is 0.458. The van der Waals surface area contributed by atoms with Crippen molar-refractivity contribution in [2.24, 2.45) is 5.73 Å². The molecule has 33 heavy (non-hydrogen) atoms. The third kappa shape index (κ3) is 4.41. The Balaban J connectivity index is 1.47. The molecule has 0 spiro atoms. The lowest BCUT2D eigenvalue weighted by Gasteiger charge is -2.14. The molecule has 3 aromatic heterocycles. The molecule has 0 saturated heterocycles. The number of hydrogen-bond acceptors (Lipinski definition) is 6. The summed E-state index contributed by atoms with van der Waals surface area (Å²) in [6.45, 7) is 1.96. The van der Waals surface area contributed by atoms with E-state index in [-0.39, 0.29) is 0 Å². The number of nitrogens with one attached hydrogen (secondary N) is 1. The molecule has 1 aliphatic carbocycles. The van der Waals surface area contributed by atoms with Crippen LogP contribution in [0.25, 0.3) is 5.82 Å². The topological polar surface area (TPSA) is 108 Å². The number of anilines is 2. The molecule has 5 rings (SSSR count). The summed E-state index contributed by atoms with van der Waals surface area (Å²) in [6.07, 6.45) is 5.76. The number of carbonyl (C=O) groups excluding carboxylic acids is 1. The zero-order valence-corrected chi connectivity index (χ0v) is 18.3. The van der Waals surface area contributed by atoms with Gasteiger partial charge in [-0.05, 0) is 69.0 Å². The fraction of sp³-hybridized carbons (Fsp3) is 0.200. The van der Waals surface area contributed by atoms with Gasteiger partial charge < -0.3 is 15.8 Å². The maximum Gasteiger partial charge on any atom is 0.248 e. The molecular weight excluding hydrogens is 416 g/mol. The van der Waals surface area contributed by atoms with E-state index < -0.39 is 5.91 Å². The van der Waals surface area contributed by atoms with Crippen LogP contribution in [0.15, 0.2) is 60.8 Å². The van der Waals surface area contributed by atoms with Crippen LogP contribution in [-0.4, -0.2) is 25.7 Å². The second-order valence-corrected chi connectivity index (χ2v) is 8.04. The summed E-state index contributed by atoms with van der Waals surface area (Å²) in [7, 11) is 0. The first kappa shape index (κ1) is 20.7. The summed E-state index contributed by atoms with van der Waals surface area (Å²) < 4.78 is 8.19. The van der Waals surface area contributed by atoms with Crippen molar-refractivity contribution in [3.63, 3.8) is 0 Å². The highest BCUT2D eigenvalue weighted by Gasteiger charge is 2.24. The van der Waals surface area contributed by atoms with Gasteiger partial charge in [-0.3, -0.25) is 4.79 Å². The van der Waals surface area contributed by atoms with Crippen LogP contribution in [0.3, 0.4) is 0 Å². The molecule has 8 heteroatoms. The van der Waals surface area contributed by atoms with Crippen LogP contribution in [0.2, 0.25) is 0 Å². The molecule has 1 aliphatic rings. The zero-order chi connectivity index (χ0) is 22.8. The molecular formula is C25H24N6O2. The third-order valence-corrected chi connectivity index (χ3v) is 5.57. The average Bonchev–Trinajstić information content (AvgIpc) is 3.18. The number of aromatic nitrogens is 4. The molecule has 0 bridgehead atoms. The number of aryl methyl sites for hydroxylation is 2. The lowest BCUT2D eigenvalue weighted by molar-refractivity contribution is 0.100. The largest absolute Gasteiger partial charge is 0.438 e. The van der Waals surface area contributed by atoms with Crippen molar-refractivity contribution in [2.75, 3.05) is 5.32 Å². The van der Waals surface area contributed by atoms with Crippen molar-refractivity contribution in [1.82, 2.24) is 19.7 Å². The van der Waals surface area contributed by atoms with Crippen LogP contribution >= 0.6 is 0 Å². The van der Waals surface area contributed by atoms with Gasteiger partial charge in [-0.25, -0.2) is 9.97 Å². The number of carbonyl (C=O) groups is 1. The molecule has 0 fully saturated rings. The van der Waals surface area contributed by atoms with Crippen LogP contribution in [0.5, 0.6) is 11.6 Å². The molecule has 8 nitrogen and oxygen atoms in total. The molecule has 0 saturated carbocycles. The van der Waals surface area contributed by atoms with Crippen molar-refractivity contribution in [3.8, 4) is 17.4 Å². The van der Waals surface area contributed by atoms with Crippen molar-refractivity contribution < 1.29 is 9.53 Å². The highest BCUT2D eigenvalue weighted by atomic mass is 16.5. The van der Waals surface area contributed by atoms with Crippen LogP contribution in [0.1, 0.15) is 40.2 Å². The van der Waals surface area contributed by atoms with Gasteiger partial charge >= 0.3 is 0 Å². The van der Waals surface area contributed by atoms with E-state index >= 15 is 0 Å². The molecule has 4 aromatic rings. The summed E-state index contributed by atoms with van der Waals surface area (Å²) in [5.41, 5.74) is 9.63. The number of rotatable bonds is 6. The minimum absolute atomic E-state index is 0.425. The smallest absolute Gasteiger partial charge is 0.248 e. The fourth-order valence-electron chi connectivity index (χ4n) is 3.98.